The summed E-state index contributed by atoms with van der Waals surface area (Å²) in [6, 6.07) is 8.28. The molecule has 0 amide bonds. The van der Waals surface area contributed by atoms with Crippen molar-refractivity contribution in [3.8, 4) is 11.5 Å². The number of halogens is 5. The van der Waals surface area contributed by atoms with Crippen molar-refractivity contribution in [1.29, 1.82) is 0 Å². The maximum Gasteiger partial charge on any atom is 0.573 e. The van der Waals surface area contributed by atoms with Gasteiger partial charge in [-0.1, -0.05) is 26.0 Å². The van der Waals surface area contributed by atoms with E-state index >= 15 is 0 Å². The van der Waals surface area contributed by atoms with Crippen molar-refractivity contribution >= 4 is 5.78 Å². The number of hydrogen-bond acceptors (Lipinski definition) is 5. The monoisotopic (exact) mass is 510 g/mol. The number of benzene rings is 2. The van der Waals surface area contributed by atoms with Gasteiger partial charge in [0.2, 0.25) is 0 Å². The predicted octanol–water partition coefficient (Wildman–Crippen LogP) is 5.56. The van der Waals surface area contributed by atoms with Gasteiger partial charge in [-0.15, -0.1) is 13.2 Å². The van der Waals surface area contributed by atoms with Crippen LogP contribution in [0.3, 0.4) is 0 Å². The molecule has 36 heavy (non-hydrogen) atoms. The maximum atomic E-state index is 14.3. The van der Waals surface area contributed by atoms with Crippen molar-refractivity contribution in [2.24, 2.45) is 5.92 Å². The molecule has 3 rings (SSSR count). The van der Waals surface area contributed by atoms with Crippen LogP contribution in [0, 0.1) is 17.6 Å². The number of aromatic amines is 1. The number of H-pyrrole nitrogens is 1. The first kappa shape index (κ1) is 26.8. The molecule has 1 aromatic heterocycles. The van der Waals surface area contributed by atoms with E-state index in [0.29, 0.717) is 11.1 Å². The smallest absolute Gasteiger partial charge is 0.494 e. The largest absolute Gasteiger partial charge is 0.573 e. The number of carbonyl (C=O) groups is 1. The quantitative estimate of drug-likeness (QED) is 0.301. The number of carbonyl (C=O) groups excluding carboxylic acids is 1. The van der Waals surface area contributed by atoms with Crippen LogP contribution in [-0.4, -0.2) is 29.2 Å². The third-order valence-corrected chi connectivity index (χ3v) is 5.48. The topological polar surface area (TPSA) is 81.3 Å². The fourth-order valence-electron chi connectivity index (χ4n) is 3.75. The predicted molar refractivity (Wildman–Crippen MR) is 120 cm³/mol. The van der Waals surface area contributed by atoms with E-state index in [-0.39, 0.29) is 36.0 Å². The normalized spacial score (nSPS) is 12.5. The van der Waals surface area contributed by atoms with E-state index in [4.69, 9.17) is 4.74 Å². The molecule has 1 atom stereocenters. The minimum Gasteiger partial charge on any atom is -0.494 e. The Balaban J connectivity index is 1.82. The van der Waals surface area contributed by atoms with Crippen LogP contribution in [0.1, 0.15) is 53.6 Å². The molecule has 192 valence electrons. The zero-order valence-corrected chi connectivity index (χ0v) is 19.6. The molecule has 0 aliphatic rings. The highest BCUT2D eigenvalue weighted by Crippen LogP contribution is 2.33. The van der Waals surface area contributed by atoms with Gasteiger partial charge in [0.25, 0.3) is 5.56 Å². The number of ketones is 1. The molecule has 0 fully saturated rings. The summed E-state index contributed by atoms with van der Waals surface area (Å²) < 4.78 is 74.1. The number of ether oxygens (including phenoxy) is 2. The minimum atomic E-state index is -5.04. The van der Waals surface area contributed by atoms with Crippen LogP contribution in [0.4, 0.5) is 22.0 Å². The molecule has 0 aliphatic carbocycles. The Labute approximate surface area is 203 Å². The molecule has 11 heteroatoms. The average molecular weight is 510 g/mol. The number of methoxy groups -OCH3 is 1. The van der Waals surface area contributed by atoms with Crippen molar-refractivity contribution in [1.82, 2.24) is 9.97 Å². The van der Waals surface area contributed by atoms with E-state index in [9.17, 15) is 31.5 Å². The SMILES string of the molecule is COc1ccc(Cc2nc(C(=O)C[C@@H](c3ccc(OC(F)(F)F)c(F)c3)C(C)C)cc(=O)[nH]2)cc1F. The maximum absolute atomic E-state index is 14.3. The lowest BCUT2D eigenvalue weighted by Gasteiger charge is -2.21. The molecule has 1 heterocycles. The lowest BCUT2D eigenvalue weighted by atomic mass is 9.84. The third kappa shape index (κ3) is 6.89. The first-order valence-corrected chi connectivity index (χ1v) is 10.9. The summed E-state index contributed by atoms with van der Waals surface area (Å²) in [7, 11) is 1.33. The van der Waals surface area contributed by atoms with Crippen LogP contribution >= 0.6 is 0 Å². The summed E-state index contributed by atoms with van der Waals surface area (Å²) in [6.07, 6.45) is -5.18. The van der Waals surface area contributed by atoms with Crippen LogP contribution in [0.2, 0.25) is 0 Å². The lowest BCUT2D eigenvalue weighted by Crippen LogP contribution is -2.20. The van der Waals surface area contributed by atoms with Gasteiger partial charge in [0.15, 0.2) is 28.9 Å². The number of nitrogens with one attached hydrogen (secondary N) is 1. The Kier molecular flexibility index (Phi) is 8.11. The van der Waals surface area contributed by atoms with Crippen LogP contribution < -0.4 is 15.0 Å². The Morgan fingerprint density at radius 3 is 2.28 bits per heavy atom. The summed E-state index contributed by atoms with van der Waals surface area (Å²) in [5, 5.41) is 0. The second-order valence-corrected chi connectivity index (χ2v) is 8.44. The number of nitrogens with zero attached hydrogens (tertiary/aromatic N) is 1. The van der Waals surface area contributed by atoms with E-state index in [1.165, 1.54) is 25.3 Å². The van der Waals surface area contributed by atoms with Crippen LogP contribution in [0.5, 0.6) is 11.5 Å². The highest BCUT2D eigenvalue weighted by molar-refractivity contribution is 5.94. The second-order valence-electron chi connectivity index (χ2n) is 8.44. The standard InChI is InChI=1S/C25H23F5N2O4/c1-13(2)16(15-5-7-22(18(27)10-15)36-25(28,29)30)11-20(33)19-12-24(34)32-23(31-19)9-14-4-6-21(35-3)17(26)8-14/h4-8,10,12-13,16H,9,11H2,1-3H3,(H,31,32,34)/t16-/m1/s1. The molecule has 0 spiro atoms. The molecular formula is C25H23F5N2O4. The van der Waals surface area contributed by atoms with E-state index in [0.717, 1.165) is 18.2 Å². The van der Waals surface area contributed by atoms with Crippen molar-refractivity contribution in [2.45, 2.75) is 39.0 Å². The molecule has 3 aromatic rings. The van der Waals surface area contributed by atoms with Gasteiger partial charge < -0.3 is 14.5 Å². The van der Waals surface area contributed by atoms with Crippen molar-refractivity contribution in [3.05, 3.63) is 87.1 Å². The number of alkyl halides is 3. The molecule has 0 radical (unpaired) electrons. The van der Waals surface area contributed by atoms with E-state index in [1.807, 2.05) is 0 Å². The number of Topliss-reactive ketones (excluding diaryl/α,β-unsaturated/α-hetero) is 1. The summed E-state index contributed by atoms with van der Waals surface area (Å²) in [5.74, 6) is -3.89. The Bertz CT molecular complexity index is 1300. The number of hydrogen-bond donors (Lipinski definition) is 1. The molecule has 6 nitrogen and oxygen atoms in total. The molecule has 1 N–H and O–H groups in total. The van der Waals surface area contributed by atoms with Gasteiger partial charge in [0, 0.05) is 18.9 Å². The van der Waals surface area contributed by atoms with Crippen molar-refractivity contribution in [3.63, 3.8) is 0 Å². The highest BCUT2D eigenvalue weighted by atomic mass is 19.4. The highest BCUT2D eigenvalue weighted by Gasteiger charge is 2.33. The minimum absolute atomic E-state index is 0.0385. The molecule has 2 aromatic carbocycles. The van der Waals surface area contributed by atoms with Gasteiger partial charge >= 0.3 is 6.36 Å². The van der Waals surface area contributed by atoms with Gasteiger partial charge in [-0.2, -0.15) is 0 Å². The van der Waals surface area contributed by atoms with Gasteiger partial charge in [-0.05, 0) is 47.2 Å². The Morgan fingerprint density at radius 2 is 1.69 bits per heavy atom. The third-order valence-electron chi connectivity index (χ3n) is 5.48. The first-order chi connectivity index (χ1) is 16.9. The van der Waals surface area contributed by atoms with Crippen molar-refractivity contribution < 1.29 is 36.2 Å². The van der Waals surface area contributed by atoms with E-state index in [1.54, 1.807) is 19.9 Å². The Hall–Kier alpha value is -3.76. The zero-order valence-electron chi connectivity index (χ0n) is 19.6. The fourth-order valence-corrected chi connectivity index (χ4v) is 3.75. The van der Waals surface area contributed by atoms with Crippen molar-refractivity contribution in [2.75, 3.05) is 7.11 Å². The number of rotatable bonds is 9. The molecule has 0 bridgehead atoms. The summed E-state index contributed by atoms with van der Waals surface area (Å²) in [5.41, 5.74) is 0.0610. The molecule has 0 aliphatic heterocycles. The van der Waals surface area contributed by atoms with Gasteiger partial charge in [-0.3, -0.25) is 9.59 Å². The molecular weight excluding hydrogens is 487 g/mol. The average Bonchev–Trinajstić information content (AvgIpc) is 2.77. The van der Waals surface area contributed by atoms with Gasteiger partial charge in [-0.25, -0.2) is 13.8 Å². The summed E-state index contributed by atoms with van der Waals surface area (Å²) in [6.45, 7) is 3.54. The summed E-state index contributed by atoms with van der Waals surface area (Å²) >= 11 is 0. The lowest BCUT2D eigenvalue weighted by molar-refractivity contribution is -0.275. The van der Waals surface area contributed by atoms with E-state index in [2.05, 4.69) is 14.7 Å². The van der Waals surface area contributed by atoms with Gasteiger partial charge in [0.05, 0.1) is 7.11 Å². The Morgan fingerprint density at radius 1 is 1.03 bits per heavy atom. The van der Waals surface area contributed by atoms with Gasteiger partial charge in [0.1, 0.15) is 11.5 Å². The molecule has 0 unspecified atom stereocenters. The summed E-state index contributed by atoms with van der Waals surface area (Å²) in [4.78, 5) is 31.9. The first-order valence-electron chi connectivity index (χ1n) is 10.9. The fraction of sp³-hybridized carbons (Fsp3) is 0.320. The molecule has 0 saturated carbocycles. The van der Waals surface area contributed by atoms with Crippen LogP contribution in [0.25, 0.3) is 0 Å². The second kappa shape index (κ2) is 10.9. The van der Waals surface area contributed by atoms with Crippen LogP contribution in [-0.2, 0) is 6.42 Å². The van der Waals surface area contributed by atoms with E-state index < -0.39 is 41.0 Å². The number of aromatic nitrogens is 2. The molecule has 0 saturated heterocycles. The van der Waals surface area contributed by atoms with Crippen LogP contribution in [0.15, 0.2) is 47.3 Å². The zero-order chi connectivity index (χ0) is 26.6.